The number of sulfonamides is 1. The molecule has 1 heterocycles. The van der Waals surface area contributed by atoms with Crippen LogP contribution in [-0.4, -0.2) is 41.0 Å². The molecule has 0 saturated carbocycles. The van der Waals surface area contributed by atoms with Gasteiger partial charge in [-0.05, 0) is 27.7 Å². The van der Waals surface area contributed by atoms with Gasteiger partial charge in [0.2, 0.25) is 10.0 Å². The summed E-state index contributed by atoms with van der Waals surface area (Å²) < 4.78 is 30.9. The Balaban J connectivity index is 3.45. The van der Waals surface area contributed by atoms with Gasteiger partial charge >= 0.3 is 5.97 Å². The molecule has 1 aromatic rings. The summed E-state index contributed by atoms with van der Waals surface area (Å²) in [6, 6.07) is 0. The summed E-state index contributed by atoms with van der Waals surface area (Å²) in [6.07, 6.45) is 0. The van der Waals surface area contributed by atoms with Crippen molar-refractivity contribution in [3.63, 3.8) is 0 Å². The zero-order chi connectivity index (χ0) is 15.0. The SMILES string of the molecule is CCN(C(C)(C)C(=O)O)S(=O)(=O)c1c(C)noc1C. The summed E-state index contributed by atoms with van der Waals surface area (Å²) in [6.45, 7) is 7.29. The van der Waals surface area contributed by atoms with Gasteiger partial charge in [-0.3, -0.25) is 4.79 Å². The topological polar surface area (TPSA) is 101 Å². The van der Waals surface area contributed by atoms with Crippen molar-refractivity contribution in [2.24, 2.45) is 0 Å². The fourth-order valence-corrected chi connectivity index (χ4v) is 3.98. The fraction of sp³-hybridized carbons (Fsp3) is 0.636. The van der Waals surface area contributed by atoms with E-state index >= 15 is 0 Å². The number of rotatable bonds is 5. The third-order valence-electron chi connectivity index (χ3n) is 2.95. The first kappa shape index (κ1) is 15.6. The summed E-state index contributed by atoms with van der Waals surface area (Å²) in [5.74, 6) is -1.07. The number of carboxylic acids is 1. The number of hydrogen-bond acceptors (Lipinski definition) is 5. The number of likely N-dealkylation sites (N-methyl/N-ethyl adjacent to an activating group) is 1. The average Bonchev–Trinajstić information content (AvgIpc) is 2.58. The molecule has 0 spiro atoms. The predicted molar refractivity (Wildman–Crippen MR) is 67.3 cm³/mol. The van der Waals surface area contributed by atoms with Crippen LogP contribution in [0.15, 0.2) is 9.42 Å². The Morgan fingerprint density at radius 3 is 2.26 bits per heavy atom. The van der Waals surface area contributed by atoms with Gasteiger partial charge in [-0.1, -0.05) is 12.1 Å². The van der Waals surface area contributed by atoms with Gasteiger partial charge in [-0.2, -0.15) is 4.31 Å². The number of nitrogens with zero attached hydrogens (tertiary/aromatic N) is 2. The highest BCUT2D eigenvalue weighted by Gasteiger charge is 2.43. The molecule has 0 unspecified atom stereocenters. The number of aliphatic carboxylic acids is 1. The van der Waals surface area contributed by atoms with Crippen LogP contribution in [-0.2, 0) is 14.8 Å². The monoisotopic (exact) mass is 290 g/mol. The van der Waals surface area contributed by atoms with Crippen LogP contribution in [0.4, 0.5) is 0 Å². The van der Waals surface area contributed by atoms with E-state index in [0.29, 0.717) is 0 Å². The Hall–Kier alpha value is -1.41. The molecule has 0 aliphatic rings. The van der Waals surface area contributed by atoms with E-state index in [1.807, 2.05) is 0 Å². The van der Waals surface area contributed by atoms with E-state index in [1.54, 1.807) is 6.92 Å². The van der Waals surface area contributed by atoms with Crippen molar-refractivity contribution in [2.75, 3.05) is 6.54 Å². The van der Waals surface area contributed by atoms with Gasteiger partial charge in [-0.25, -0.2) is 8.42 Å². The lowest BCUT2D eigenvalue weighted by Crippen LogP contribution is -2.52. The first-order valence-electron chi connectivity index (χ1n) is 5.76. The first-order valence-corrected chi connectivity index (χ1v) is 7.20. The van der Waals surface area contributed by atoms with Crippen LogP contribution in [0.1, 0.15) is 32.2 Å². The van der Waals surface area contributed by atoms with Crippen LogP contribution in [0.25, 0.3) is 0 Å². The summed E-state index contributed by atoms with van der Waals surface area (Å²) in [7, 11) is -3.98. The second kappa shape index (κ2) is 4.93. The van der Waals surface area contributed by atoms with Crippen molar-refractivity contribution >= 4 is 16.0 Å². The third-order valence-corrected chi connectivity index (χ3v) is 5.34. The van der Waals surface area contributed by atoms with Crippen molar-refractivity contribution < 1.29 is 22.8 Å². The molecular formula is C11H18N2O5S. The summed E-state index contributed by atoms with van der Waals surface area (Å²) in [5.41, 5.74) is -1.33. The molecule has 0 fully saturated rings. The van der Waals surface area contributed by atoms with E-state index in [1.165, 1.54) is 27.7 Å². The average molecular weight is 290 g/mol. The Labute approximate surface area is 112 Å². The highest BCUT2D eigenvalue weighted by atomic mass is 32.2. The van der Waals surface area contributed by atoms with Crippen LogP contribution in [0, 0.1) is 13.8 Å². The standard InChI is InChI=1S/C11H18N2O5S/c1-6-13(11(4,5)10(14)15)19(16,17)9-7(2)12-18-8(9)3/h6H2,1-5H3,(H,14,15). The molecule has 19 heavy (non-hydrogen) atoms. The molecule has 0 aliphatic heterocycles. The van der Waals surface area contributed by atoms with Crippen molar-refractivity contribution in [3.05, 3.63) is 11.5 Å². The van der Waals surface area contributed by atoms with E-state index < -0.39 is 21.5 Å². The second-order valence-electron chi connectivity index (χ2n) is 4.69. The van der Waals surface area contributed by atoms with Gasteiger partial charge in [0.15, 0.2) is 5.76 Å². The zero-order valence-corrected chi connectivity index (χ0v) is 12.4. The molecule has 1 aromatic heterocycles. The molecule has 8 heteroatoms. The molecule has 0 bridgehead atoms. The van der Waals surface area contributed by atoms with Gasteiger partial charge in [0.05, 0.1) is 0 Å². The molecule has 1 N–H and O–H groups in total. The van der Waals surface area contributed by atoms with E-state index in [0.717, 1.165) is 4.31 Å². The van der Waals surface area contributed by atoms with Gasteiger partial charge in [0.1, 0.15) is 16.1 Å². The summed E-state index contributed by atoms with van der Waals surface area (Å²) in [5, 5.41) is 12.8. The van der Waals surface area contributed by atoms with E-state index in [2.05, 4.69) is 5.16 Å². The van der Waals surface area contributed by atoms with Gasteiger partial charge in [0, 0.05) is 6.54 Å². The lowest BCUT2D eigenvalue weighted by Gasteiger charge is -2.32. The predicted octanol–water partition coefficient (Wildman–Crippen LogP) is 1.17. The molecule has 0 saturated heterocycles. The maximum Gasteiger partial charge on any atom is 0.324 e. The molecule has 108 valence electrons. The Kier molecular flexibility index (Phi) is 4.06. The quantitative estimate of drug-likeness (QED) is 0.873. The Bertz CT molecular complexity index is 569. The minimum absolute atomic E-state index is 0.0334. The van der Waals surface area contributed by atoms with Crippen molar-refractivity contribution in [1.29, 1.82) is 0 Å². The maximum absolute atomic E-state index is 12.6. The largest absolute Gasteiger partial charge is 0.480 e. The second-order valence-corrected chi connectivity index (χ2v) is 6.49. The fourth-order valence-electron chi connectivity index (χ4n) is 1.93. The third kappa shape index (κ3) is 2.50. The summed E-state index contributed by atoms with van der Waals surface area (Å²) >= 11 is 0. The molecule has 0 aromatic carbocycles. The van der Waals surface area contributed by atoms with E-state index in [9.17, 15) is 18.3 Å². The minimum Gasteiger partial charge on any atom is -0.480 e. The molecule has 0 amide bonds. The molecule has 0 radical (unpaired) electrons. The van der Waals surface area contributed by atoms with Gasteiger partial charge in [-0.15, -0.1) is 0 Å². The highest BCUT2D eigenvalue weighted by molar-refractivity contribution is 7.89. The molecule has 1 rings (SSSR count). The van der Waals surface area contributed by atoms with Crippen LogP contribution >= 0.6 is 0 Å². The van der Waals surface area contributed by atoms with Gasteiger partial charge in [0.25, 0.3) is 0 Å². The lowest BCUT2D eigenvalue weighted by molar-refractivity contribution is -0.146. The van der Waals surface area contributed by atoms with Crippen LogP contribution < -0.4 is 0 Å². The Morgan fingerprint density at radius 2 is 1.95 bits per heavy atom. The van der Waals surface area contributed by atoms with E-state index in [-0.39, 0.29) is 22.9 Å². The van der Waals surface area contributed by atoms with Gasteiger partial charge < -0.3 is 9.63 Å². The number of aryl methyl sites for hydroxylation is 2. The molecule has 0 aliphatic carbocycles. The Morgan fingerprint density at radius 1 is 1.42 bits per heavy atom. The van der Waals surface area contributed by atoms with Crippen LogP contribution in [0.5, 0.6) is 0 Å². The maximum atomic E-state index is 12.6. The number of carboxylic acid groups (broad SMARTS) is 1. The highest BCUT2D eigenvalue weighted by Crippen LogP contribution is 2.28. The number of carbonyl (C=O) groups is 1. The van der Waals surface area contributed by atoms with Crippen molar-refractivity contribution in [1.82, 2.24) is 9.46 Å². The minimum atomic E-state index is -3.98. The van der Waals surface area contributed by atoms with Crippen molar-refractivity contribution in [3.8, 4) is 0 Å². The molecule has 7 nitrogen and oxygen atoms in total. The molecule has 0 atom stereocenters. The normalized spacial score (nSPS) is 12.9. The number of aromatic nitrogens is 1. The smallest absolute Gasteiger partial charge is 0.324 e. The zero-order valence-electron chi connectivity index (χ0n) is 11.6. The van der Waals surface area contributed by atoms with Crippen LogP contribution in [0.3, 0.4) is 0 Å². The van der Waals surface area contributed by atoms with E-state index in [4.69, 9.17) is 4.52 Å². The molecular weight excluding hydrogens is 272 g/mol. The lowest BCUT2D eigenvalue weighted by atomic mass is 10.1. The summed E-state index contributed by atoms with van der Waals surface area (Å²) in [4.78, 5) is 11.2. The first-order chi connectivity index (χ1) is 8.56. The van der Waals surface area contributed by atoms with Crippen molar-refractivity contribution in [2.45, 2.75) is 45.1 Å². The van der Waals surface area contributed by atoms with Crippen LogP contribution in [0.2, 0.25) is 0 Å². The number of hydrogen-bond donors (Lipinski definition) is 1.